The van der Waals surface area contributed by atoms with Crippen LogP contribution in [0.25, 0.3) is 0 Å². The highest BCUT2D eigenvalue weighted by Crippen LogP contribution is 2.41. The second-order valence-corrected chi connectivity index (χ2v) is 6.45. The smallest absolute Gasteiger partial charge is 0.254 e. The van der Waals surface area contributed by atoms with E-state index in [0.717, 1.165) is 12.5 Å². The minimum absolute atomic E-state index is 0.0545. The van der Waals surface area contributed by atoms with Gasteiger partial charge in [-0.3, -0.25) is 4.79 Å². The van der Waals surface area contributed by atoms with Crippen LogP contribution in [-0.4, -0.2) is 49.8 Å². The van der Waals surface area contributed by atoms with E-state index in [1.165, 1.54) is 12.8 Å². The largest absolute Gasteiger partial charge is 0.491 e. The first kappa shape index (κ1) is 16.3. The number of nitrogens with two attached hydrogens (primary N) is 1. The fourth-order valence-electron chi connectivity index (χ4n) is 3.31. The van der Waals surface area contributed by atoms with Crippen molar-refractivity contribution in [2.24, 2.45) is 17.6 Å². The SMILES string of the molecule is CCOCCOc1cccc(C(=O)N2C[C@H](C3CC3)[C@@H](N)C2)c1. The Morgan fingerprint density at radius 2 is 2.13 bits per heavy atom. The van der Waals surface area contributed by atoms with Crippen LogP contribution in [0.4, 0.5) is 0 Å². The summed E-state index contributed by atoms with van der Waals surface area (Å²) in [5, 5.41) is 0. The number of benzene rings is 1. The molecule has 126 valence electrons. The second kappa shape index (κ2) is 7.32. The van der Waals surface area contributed by atoms with Crippen LogP contribution in [-0.2, 0) is 4.74 Å². The summed E-state index contributed by atoms with van der Waals surface area (Å²) in [4.78, 5) is 14.6. The third-order valence-electron chi connectivity index (χ3n) is 4.71. The zero-order chi connectivity index (χ0) is 16.2. The molecule has 0 aromatic heterocycles. The number of rotatable bonds is 7. The van der Waals surface area contributed by atoms with Crippen LogP contribution in [0.15, 0.2) is 24.3 Å². The van der Waals surface area contributed by atoms with Crippen LogP contribution in [0.2, 0.25) is 0 Å². The molecule has 2 N–H and O–H groups in total. The lowest BCUT2D eigenvalue weighted by molar-refractivity contribution is 0.0784. The lowest BCUT2D eigenvalue weighted by atomic mass is 9.99. The van der Waals surface area contributed by atoms with Crippen LogP contribution < -0.4 is 10.5 Å². The van der Waals surface area contributed by atoms with E-state index in [0.29, 0.717) is 43.6 Å². The molecule has 2 fully saturated rings. The minimum atomic E-state index is 0.0545. The molecule has 23 heavy (non-hydrogen) atoms. The van der Waals surface area contributed by atoms with Gasteiger partial charge in [0.05, 0.1) is 6.61 Å². The predicted molar refractivity (Wildman–Crippen MR) is 88.5 cm³/mol. The monoisotopic (exact) mass is 318 g/mol. The molecule has 0 bridgehead atoms. The average molecular weight is 318 g/mol. The molecule has 0 radical (unpaired) electrons. The topological polar surface area (TPSA) is 64.8 Å². The van der Waals surface area contributed by atoms with E-state index in [9.17, 15) is 4.79 Å². The van der Waals surface area contributed by atoms with E-state index in [-0.39, 0.29) is 11.9 Å². The Bertz CT molecular complexity index is 545. The van der Waals surface area contributed by atoms with Crippen molar-refractivity contribution in [3.63, 3.8) is 0 Å². The number of hydrogen-bond donors (Lipinski definition) is 1. The summed E-state index contributed by atoms with van der Waals surface area (Å²) in [6.07, 6.45) is 2.53. The van der Waals surface area contributed by atoms with Gasteiger partial charge in [-0.1, -0.05) is 6.07 Å². The fourth-order valence-corrected chi connectivity index (χ4v) is 3.31. The van der Waals surface area contributed by atoms with Crippen LogP contribution >= 0.6 is 0 Å². The maximum Gasteiger partial charge on any atom is 0.254 e. The number of ether oxygens (including phenoxy) is 2. The van der Waals surface area contributed by atoms with Gasteiger partial charge in [0.15, 0.2) is 0 Å². The highest BCUT2D eigenvalue weighted by Gasteiger charge is 2.42. The van der Waals surface area contributed by atoms with Gasteiger partial charge in [0, 0.05) is 31.3 Å². The van der Waals surface area contributed by atoms with Crippen molar-refractivity contribution in [1.82, 2.24) is 4.90 Å². The predicted octanol–water partition coefficient (Wildman–Crippen LogP) is 1.91. The summed E-state index contributed by atoms with van der Waals surface area (Å²) in [5.41, 5.74) is 6.89. The van der Waals surface area contributed by atoms with E-state index >= 15 is 0 Å². The van der Waals surface area contributed by atoms with Crippen LogP contribution in [0.1, 0.15) is 30.1 Å². The number of likely N-dealkylation sites (tertiary alicyclic amines) is 1. The van der Waals surface area contributed by atoms with E-state index in [2.05, 4.69) is 0 Å². The van der Waals surface area contributed by atoms with Gasteiger partial charge in [-0.25, -0.2) is 0 Å². The van der Waals surface area contributed by atoms with Gasteiger partial charge in [0.25, 0.3) is 5.91 Å². The summed E-state index contributed by atoms with van der Waals surface area (Å²) < 4.78 is 10.9. The Hall–Kier alpha value is -1.59. The highest BCUT2D eigenvalue weighted by molar-refractivity contribution is 5.94. The normalized spacial score (nSPS) is 24.0. The maximum atomic E-state index is 12.7. The summed E-state index contributed by atoms with van der Waals surface area (Å²) >= 11 is 0. The quantitative estimate of drug-likeness (QED) is 0.780. The number of carbonyl (C=O) groups is 1. The lowest BCUT2D eigenvalue weighted by Crippen LogP contribution is -2.32. The van der Waals surface area contributed by atoms with Crippen molar-refractivity contribution >= 4 is 5.91 Å². The zero-order valence-corrected chi connectivity index (χ0v) is 13.7. The molecule has 1 aliphatic heterocycles. The molecule has 0 unspecified atom stereocenters. The molecule has 5 heteroatoms. The number of nitrogens with zero attached hydrogens (tertiary/aromatic N) is 1. The average Bonchev–Trinajstić information content (AvgIpc) is 3.33. The van der Waals surface area contributed by atoms with Crippen molar-refractivity contribution in [3.05, 3.63) is 29.8 Å². The number of hydrogen-bond acceptors (Lipinski definition) is 4. The Balaban J connectivity index is 1.58. The van der Waals surface area contributed by atoms with Gasteiger partial charge in [-0.2, -0.15) is 0 Å². The molecule has 2 aliphatic rings. The Morgan fingerprint density at radius 1 is 1.30 bits per heavy atom. The Morgan fingerprint density at radius 3 is 2.87 bits per heavy atom. The number of amides is 1. The number of carbonyl (C=O) groups excluding carboxylic acids is 1. The van der Waals surface area contributed by atoms with E-state index in [1.54, 1.807) is 0 Å². The third-order valence-corrected chi connectivity index (χ3v) is 4.71. The van der Waals surface area contributed by atoms with E-state index in [4.69, 9.17) is 15.2 Å². The molecule has 1 saturated carbocycles. The molecule has 1 aliphatic carbocycles. The van der Waals surface area contributed by atoms with Gasteiger partial charge in [-0.05, 0) is 49.8 Å². The van der Waals surface area contributed by atoms with Gasteiger partial charge in [0.2, 0.25) is 0 Å². The molecule has 1 aromatic rings. The van der Waals surface area contributed by atoms with Crippen molar-refractivity contribution in [2.45, 2.75) is 25.8 Å². The first-order valence-electron chi connectivity index (χ1n) is 8.54. The standard InChI is InChI=1S/C18H26N2O3/c1-2-22-8-9-23-15-5-3-4-14(10-15)18(21)20-11-16(13-6-7-13)17(19)12-20/h3-5,10,13,16-17H,2,6-9,11-12,19H2,1H3/t16-,17+/m1/s1. The van der Waals surface area contributed by atoms with Gasteiger partial charge < -0.3 is 20.1 Å². The van der Waals surface area contributed by atoms with Gasteiger partial charge in [0.1, 0.15) is 12.4 Å². The molecule has 3 rings (SSSR count). The van der Waals surface area contributed by atoms with Crippen molar-refractivity contribution in [1.29, 1.82) is 0 Å². The van der Waals surface area contributed by atoms with E-state index < -0.39 is 0 Å². The minimum Gasteiger partial charge on any atom is -0.491 e. The summed E-state index contributed by atoms with van der Waals surface area (Å²) in [5.74, 6) is 1.97. The van der Waals surface area contributed by atoms with Crippen LogP contribution in [0.5, 0.6) is 5.75 Å². The summed E-state index contributed by atoms with van der Waals surface area (Å²) in [7, 11) is 0. The van der Waals surface area contributed by atoms with Crippen molar-refractivity contribution in [3.8, 4) is 5.75 Å². The van der Waals surface area contributed by atoms with Crippen molar-refractivity contribution < 1.29 is 14.3 Å². The fraction of sp³-hybridized carbons (Fsp3) is 0.611. The highest BCUT2D eigenvalue weighted by atomic mass is 16.5. The molecule has 1 aromatic carbocycles. The zero-order valence-electron chi connectivity index (χ0n) is 13.7. The van der Waals surface area contributed by atoms with Crippen LogP contribution in [0.3, 0.4) is 0 Å². The first-order chi connectivity index (χ1) is 11.2. The third kappa shape index (κ3) is 4.03. The van der Waals surface area contributed by atoms with E-state index in [1.807, 2.05) is 36.1 Å². The molecule has 5 nitrogen and oxygen atoms in total. The lowest BCUT2D eigenvalue weighted by Gasteiger charge is -2.17. The Labute approximate surface area is 137 Å². The maximum absolute atomic E-state index is 12.7. The van der Waals surface area contributed by atoms with Crippen molar-refractivity contribution in [2.75, 3.05) is 32.9 Å². The summed E-state index contributed by atoms with van der Waals surface area (Å²) in [6, 6.07) is 7.50. The molecule has 2 atom stereocenters. The molecule has 1 amide bonds. The Kier molecular flexibility index (Phi) is 5.18. The molecular formula is C18H26N2O3. The van der Waals surface area contributed by atoms with Gasteiger partial charge >= 0.3 is 0 Å². The first-order valence-corrected chi connectivity index (χ1v) is 8.54. The summed E-state index contributed by atoms with van der Waals surface area (Å²) in [6.45, 7) is 5.13. The second-order valence-electron chi connectivity index (χ2n) is 6.45. The van der Waals surface area contributed by atoms with Crippen LogP contribution in [0, 0.1) is 11.8 Å². The molecule has 1 heterocycles. The molecule has 1 saturated heterocycles. The molecule has 0 spiro atoms. The van der Waals surface area contributed by atoms with Gasteiger partial charge in [-0.15, -0.1) is 0 Å². The molecular weight excluding hydrogens is 292 g/mol.